The number of amides is 1. The first-order valence-electron chi connectivity index (χ1n) is 10.5. The van der Waals surface area contributed by atoms with Gasteiger partial charge in [0.05, 0.1) is 10.7 Å². The minimum Gasteiger partial charge on any atom is -0.340 e. The van der Waals surface area contributed by atoms with Crippen molar-refractivity contribution in [2.75, 3.05) is 39.3 Å². The summed E-state index contributed by atoms with van der Waals surface area (Å²) in [6.45, 7) is 15.6. The molecule has 0 radical (unpaired) electrons. The Hall–Kier alpha value is -0.980. The third-order valence-electron chi connectivity index (χ3n) is 5.94. The van der Waals surface area contributed by atoms with Crippen LogP contribution in [0.3, 0.4) is 0 Å². The summed E-state index contributed by atoms with van der Waals surface area (Å²) in [4.78, 5) is 22.0. The minimum atomic E-state index is 0.124. The maximum Gasteiger partial charge on any atom is 0.222 e. The molecule has 27 heavy (non-hydrogen) atoms. The molecule has 1 N–H and O–H groups in total. The van der Waals surface area contributed by atoms with Crippen molar-refractivity contribution in [1.82, 2.24) is 20.1 Å². The molecule has 2 aliphatic heterocycles. The number of carbonyl (C=O) groups excluding carboxylic acids is 1. The van der Waals surface area contributed by atoms with Gasteiger partial charge in [0.25, 0.3) is 0 Å². The zero-order valence-corrected chi connectivity index (χ0v) is 18.3. The van der Waals surface area contributed by atoms with E-state index in [9.17, 15) is 4.79 Å². The van der Waals surface area contributed by atoms with E-state index in [-0.39, 0.29) is 5.41 Å². The van der Waals surface area contributed by atoms with E-state index in [1.165, 1.54) is 23.5 Å². The first-order chi connectivity index (χ1) is 12.8. The molecule has 0 bridgehead atoms. The van der Waals surface area contributed by atoms with E-state index in [1.54, 1.807) is 11.3 Å². The molecule has 2 fully saturated rings. The predicted molar refractivity (Wildman–Crippen MR) is 112 cm³/mol. The molecular formula is C21H36N4OS. The van der Waals surface area contributed by atoms with E-state index in [2.05, 4.69) is 48.2 Å². The quantitative estimate of drug-likeness (QED) is 0.836. The summed E-state index contributed by atoms with van der Waals surface area (Å²) in [6.07, 6.45) is 3.21. The molecule has 2 aliphatic rings. The molecule has 1 amide bonds. The number of nitrogens with one attached hydrogen (secondary N) is 1. The average Bonchev–Trinajstić information content (AvgIpc) is 3.12. The SMILES string of the molecule is CC(CC(=O)N1CCN(Cc2csc(C(C)(C)C)n2)CC1)C1CCCNC1. The van der Waals surface area contributed by atoms with Crippen LogP contribution in [0.15, 0.2) is 5.38 Å². The number of carbonyl (C=O) groups is 1. The first kappa shape index (κ1) is 20.7. The third kappa shape index (κ3) is 5.75. The Balaban J connectivity index is 1.43. The highest BCUT2D eigenvalue weighted by molar-refractivity contribution is 7.09. The van der Waals surface area contributed by atoms with Crippen molar-refractivity contribution >= 4 is 17.2 Å². The Labute approximate surface area is 168 Å². The molecule has 5 nitrogen and oxygen atoms in total. The topological polar surface area (TPSA) is 48.5 Å². The zero-order valence-electron chi connectivity index (χ0n) is 17.5. The molecule has 1 aromatic rings. The predicted octanol–water partition coefficient (Wildman–Crippen LogP) is 3.11. The summed E-state index contributed by atoms with van der Waals surface area (Å²) >= 11 is 1.76. The lowest BCUT2D eigenvalue weighted by atomic mass is 9.85. The number of nitrogens with zero attached hydrogens (tertiary/aromatic N) is 3. The number of hydrogen-bond donors (Lipinski definition) is 1. The molecule has 3 heterocycles. The van der Waals surface area contributed by atoms with Gasteiger partial charge in [-0.3, -0.25) is 9.69 Å². The minimum absolute atomic E-state index is 0.124. The molecule has 0 saturated carbocycles. The zero-order chi connectivity index (χ0) is 19.4. The van der Waals surface area contributed by atoms with E-state index in [4.69, 9.17) is 4.98 Å². The molecule has 2 saturated heterocycles. The van der Waals surface area contributed by atoms with Gasteiger partial charge in [0.2, 0.25) is 5.91 Å². The van der Waals surface area contributed by atoms with Crippen LogP contribution < -0.4 is 5.32 Å². The molecule has 152 valence electrons. The molecular weight excluding hydrogens is 356 g/mol. The van der Waals surface area contributed by atoms with Crippen LogP contribution in [0.1, 0.15) is 57.7 Å². The first-order valence-corrected chi connectivity index (χ1v) is 11.4. The lowest BCUT2D eigenvalue weighted by Crippen LogP contribution is -2.49. The van der Waals surface area contributed by atoms with Gasteiger partial charge in [-0.2, -0.15) is 0 Å². The van der Waals surface area contributed by atoms with Crippen molar-refractivity contribution in [2.24, 2.45) is 11.8 Å². The molecule has 2 atom stereocenters. The Morgan fingerprint density at radius 1 is 1.33 bits per heavy atom. The Morgan fingerprint density at radius 2 is 2.07 bits per heavy atom. The Morgan fingerprint density at radius 3 is 2.67 bits per heavy atom. The summed E-state index contributed by atoms with van der Waals surface area (Å²) in [5.41, 5.74) is 1.29. The van der Waals surface area contributed by atoms with Gasteiger partial charge in [-0.05, 0) is 37.8 Å². The van der Waals surface area contributed by atoms with E-state index in [1.807, 2.05) is 0 Å². The molecule has 0 aliphatic carbocycles. The summed E-state index contributed by atoms with van der Waals surface area (Å²) < 4.78 is 0. The van der Waals surface area contributed by atoms with Gasteiger partial charge in [0.1, 0.15) is 0 Å². The number of hydrogen-bond acceptors (Lipinski definition) is 5. The van der Waals surface area contributed by atoms with Gasteiger partial charge < -0.3 is 10.2 Å². The van der Waals surface area contributed by atoms with Crippen LogP contribution in [0.2, 0.25) is 0 Å². The van der Waals surface area contributed by atoms with Crippen molar-refractivity contribution in [1.29, 1.82) is 0 Å². The summed E-state index contributed by atoms with van der Waals surface area (Å²) in [6, 6.07) is 0. The fourth-order valence-electron chi connectivity index (χ4n) is 4.04. The van der Waals surface area contributed by atoms with E-state index in [0.717, 1.165) is 45.8 Å². The second-order valence-electron chi connectivity index (χ2n) is 9.34. The highest BCUT2D eigenvalue weighted by atomic mass is 32.1. The van der Waals surface area contributed by atoms with Crippen LogP contribution in [0.4, 0.5) is 0 Å². The Kier molecular flexibility index (Phi) is 6.93. The standard InChI is InChI=1S/C21H36N4OS/c1-16(17-6-5-7-22-13-17)12-19(26)25-10-8-24(9-11-25)14-18-15-27-20(23-18)21(2,3)4/h15-17,22H,5-14H2,1-4H3. The van der Waals surface area contributed by atoms with Crippen LogP contribution in [-0.2, 0) is 16.8 Å². The number of aromatic nitrogens is 1. The van der Waals surface area contributed by atoms with Crippen LogP contribution in [0, 0.1) is 11.8 Å². The average molecular weight is 393 g/mol. The van der Waals surface area contributed by atoms with Crippen LogP contribution >= 0.6 is 11.3 Å². The smallest absolute Gasteiger partial charge is 0.222 e. The van der Waals surface area contributed by atoms with Crippen molar-refractivity contribution in [3.63, 3.8) is 0 Å². The normalized spacial score (nSPS) is 23.4. The van der Waals surface area contributed by atoms with E-state index in [0.29, 0.717) is 24.2 Å². The highest BCUT2D eigenvalue weighted by Crippen LogP contribution is 2.26. The van der Waals surface area contributed by atoms with Gasteiger partial charge in [-0.25, -0.2) is 4.98 Å². The van der Waals surface area contributed by atoms with Crippen molar-refractivity contribution < 1.29 is 4.79 Å². The van der Waals surface area contributed by atoms with Crippen molar-refractivity contribution in [2.45, 2.75) is 58.9 Å². The molecule has 2 unspecified atom stereocenters. The maximum atomic E-state index is 12.7. The van der Waals surface area contributed by atoms with Crippen LogP contribution in [-0.4, -0.2) is 60.0 Å². The summed E-state index contributed by atoms with van der Waals surface area (Å²) in [7, 11) is 0. The number of piperazine rings is 1. The summed E-state index contributed by atoms with van der Waals surface area (Å²) in [5.74, 6) is 1.48. The molecule has 3 rings (SSSR count). The monoisotopic (exact) mass is 392 g/mol. The van der Waals surface area contributed by atoms with Gasteiger partial charge >= 0.3 is 0 Å². The van der Waals surface area contributed by atoms with Gasteiger partial charge in [-0.15, -0.1) is 11.3 Å². The lowest BCUT2D eigenvalue weighted by Gasteiger charge is -2.36. The van der Waals surface area contributed by atoms with Gasteiger partial charge in [0, 0.05) is 49.9 Å². The van der Waals surface area contributed by atoms with E-state index >= 15 is 0 Å². The Bertz CT molecular complexity index is 610. The van der Waals surface area contributed by atoms with Crippen LogP contribution in [0.5, 0.6) is 0 Å². The number of rotatable bonds is 5. The van der Waals surface area contributed by atoms with Gasteiger partial charge in [-0.1, -0.05) is 27.7 Å². The molecule has 1 aromatic heterocycles. The fourth-order valence-corrected chi connectivity index (χ4v) is 4.94. The van der Waals surface area contributed by atoms with E-state index < -0.39 is 0 Å². The molecule has 6 heteroatoms. The largest absolute Gasteiger partial charge is 0.340 e. The lowest BCUT2D eigenvalue weighted by molar-refractivity contribution is -0.134. The van der Waals surface area contributed by atoms with Crippen molar-refractivity contribution in [3.05, 3.63) is 16.1 Å². The van der Waals surface area contributed by atoms with Gasteiger partial charge in [0.15, 0.2) is 0 Å². The molecule has 0 spiro atoms. The summed E-state index contributed by atoms with van der Waals surface area (Å²) in [5, 5.41) is 6.87. The van der Waals surface area contributed by atoms with Crippen LogP contribution in [0.25, 0.3) is 0 Å². The highest BCUT2D eigenvalue weighted by Gasteiger charge is 2.27. The molecule has 0 aromatic carbocycles. The van der Waals surface area contributed by atoms with Crippen molar-refractivity contribution in [3.8, 4) is 0 Å². The maximum absolute atomic E-state index is 12.7. The second kappa shape index (κ2) is 9.01. The fraction of sp³-hybridized carbons (Fsp3) is 0.810. The number of piperidine rings is 1. The third-order valence-corrected chi connectivity index (χ3v) is 7.26. The second-order valence-corrected chi connectivity index (χ2v) is 10.2. The number of thiazole rings is 1.